The van der Waals surface area contributed by atoms with Gasteiger partial charge >= 0.3 is 0 Å². The van der Waals surface area contributed by atoms with Gasteiger partial charge in [0, 0.05) is 17.8 Å². The third-order valence-corrected chi connectivity index (χ3v) is 3.97. The largest absolute Gasteiger partial charge is 0.303 e. The van der Waals surface area contributed by atoms with Crippen LogP contribution in [-0.4, -0.2) is 41.4 Å². The van der Waals surface area contributed by atoms with Gasteiger partial charge in [-0.2, -0.15) is 5.10 Å². The maximum Gasteiger partial charge on any atom is 0.120 e. The molecule has 2 heterocycles. The van der Waals surface area contributed by atoms with Crippen LogP contribution in [0.25, 0.3) is 10.9 Å². The van der Waals surface area contributed by atoms with E-state index in [4.69, 9.17) is 0 Å². The summed E-state index contributed by atoms with van der Waals surface area (Å²) < 4.78 is 14.2. The van der Waals surface area contributed by atoms with Gasteiger partial charge in [0.25, 0.3) is 0 Å². The second-order valence-corrected chi connectivity index (χ2v) is 5.34. The molecule has 4 heteroatoms. The van der Waals surface area contributed by atoms with E-state index >= 15 is 0 Å². The summed E-state index contributed by atoms with van der Waals surface area (Å²) in [7, 11) is 1.98. The van der Waals surface area contributed by atoms with E-state index in [0.29, 0.717) is 6.54 Å². The summed E-state index contributed by atoms with van der Waals surface area (Å²) in [5, 5.41) is 8.10. The number of aryl methyl sites for hydroxylation is 1. The van der Waals surface area contributed by atoms with Crippen molar-refractivity contribution in [1.82, 2.24) is 15.1 Å². The van der Waals surface area contributed by atoms with E-state index in [-0.39, 0.29) is 5.92 Å². The number of H-pyrrole nitrogens is 1. The molecule has 1 aromatic carbocycles. The lowest BCUT2D eigenvalue weighted by molar-refractivity contribution is 0.139. The Bertz CT molecular complexity index is 563. The maximum absolute atomic E-state index is 14.2. The van der Waals surface area contributed by atoms with E-state index < -0.39 is 6.17 Å². The van der Waals surface area contributed by atoms with Crippen molar-refractivity contribution in [3.05, 3.63) is 29.5 Å². The number of nitrogens with one attached hydrogen (secondary N) is 1. The van der Waals surface area contributed by atoms with Crippen molar-refractivity contribution in [2.75, 3.05) is 20.1 Å². The standard InChI is InChI=1S/C14H18FN3/c1-9-5-10-7-16-17-14(10)6-12(9)11-3-4-18(2)8-13(11)15/h5-7,11,13H,3-4,8H2,1-2H3,(H,16,17)/t11-,13-/m1/s1. The number of hydrogen-bond donors (Lipinski definition) is 1. The molecule has 1 aromatic heterocycles. The Morgan fingerprint density at radius 2 is 2.28 bits per heavy atom. The van der Waals surface area contributed by atoms with Gasteiger partial charge in [0.05, 0.1) is 11.7 Å². The van der Waals surface area contributed by atoms with Gasteiger partial charge in [0.1, 0.15) is 6.17 Å². The predicted molar refractivity (Wildman–Crippen MR) is 70.6 cm³/mol. The third kappa shape index (κ3) is 1.90. The summed E-state index contributed by atoms with van der Waals surface area (Å²) in [4.78, 5) is 2.06. The average Bonchev–Trinajstić information content (AvgIpc) is 2.75. The van der Waals surface area contributed by atoms with Crippen LogP contribution in [0, 0.1) is 6.92 Å². The predicted octanol–water partition coefficient (Wildman–Crippen LogP) is 2.63. The summed E-state index contributed by atoms with van der Waals surface area (Å²) in [6, 6.07) is 4.17. The first-order chi connectivity index (χ1) is 8.65. The first-order valence-corrected chi connectivity index (χ1v) is 6.41. The number of fused-ring (bicyclic) bond motifs is 1. The van der Waals surface area contributed by atoms with Crippen LogP contribution in [0.15, 0.2) is 18.3 Å². The van der Waals surface area contributed by atoms with Crippen LogP contribution in [0.4, 0.5) is 4.39 Å². The number of piperidine rings is 1. The number of hydrogen-bond acceptors (Lipinski definition) is 2. The van der Waals surface area contributed by atoms with Crippen molar-refractivity contribution in [3.8, 4) is 0 Å². The topological polar surface area (TPSA) is 31.9 Å². The van der Waals surface area contributed by atoms with Crippen molar-refractivity contribution in [2.45, 2.75) is 25.4 Å². The molecular formula is C14H18FN3. The van der Waals surface area contributed by atoms with Crippen LogP contribution in [0.5, 0.6) is 0 Å². The SMILES string of the molecule is Cc1cc2cn[nH]c2cc1[C@H]1CCN(C)C[C@H]1F. The second kappa shape index (κ2) is 4.35. The van der Waals surface area contributed by atoms with E-state index in [1.807, 2.05) is 13.2 Å². The lowest BCUT2D eigenvalue weighted by Crippen LogP contribution is -2.38. The van der Waals surface area contributed by atoms with Gasteiger partial charge in [-0.15, -0.1) is 0 Å². The van der Waals surface area contributed by atoms with Crippen molar-refractivity contribution in [3.63, 3.8) is 0 Å². The minimum Gasteiger partial charge on any atom is -0.303 e. The summed E-state index contributed by atoms with van der Waals surface area (Å²) in [6.07, 6.45) is 1.93. The Morgan fingerprint density at radius 1 is 1.44 bits per heavy atom. The Kier molecular flexibility index (Phi) is 2.82. The van der Waals surface area contributed by atoms with Gasteiger partial charge in [-0.25, -0.2) is 4.39 Å². The first-order valence-electron chi connectivity index (χ1n) is 6.41. The highest BCUT2D eigenvalue weighted by Crippen LogP contribution is 2.33. The summed E-state index contributed by atoms with van der Waals surface area (Å²) in [5.74, 6) is 0.0221. The molecule has 0 unspecified atom stereocenters. The van der Waals surface area contributed by atoms with E-state index in [1.54, 1.807) is 0 Å². The van der Waals surface area contributed by atoms with E-state index in [2.05, 4.69) is 34.2 Å². The minimum atomic E-state index is -0.775. The zero-order valence-corrected chi connectivity index (χ0v) is 10.8. The van der Waals surface area contributed by atoms with Gasteiger partial charge in [-0.05, 0) is 50.2 Å². The average molecular weight is 247 g/mol. The second-order valence-electron chi connectivity index (χ2n) is 5.34. The van der Waals surface area contributed by atoms with Crippen LogP contribution >= 0.6 is 0 Å². The highest BCUT2D eigenvalue weighted by Gasteiger charge is 2.29. The van der Waals surface area contributed by atoms with Crippen LogP contribution in [0.1, 0.15) is 23.5 Å². The maximum atomic E-state index is 14.2. The number of aromatic nitrogens is 2. The number of likely N-dealkylation sites (tertiary alicyclic amines) is 1. The van der Waals surface area contributed by atoms with Gasteiger partial charge in [-0.1, -0.05) is 0 Å². The first kappa shape index (κ1) is 11.7. The highest BCUT2D eigenvalue weighted by molar-refractivity contribution is 5.79. The van der Waals surface area contributed by atoms with Crippen LogP contribution < -0.4 is 0 Å². The van der Waals surface area contributed by atoms with Crippen molar-refractivity contribution in [1.29, 1.82) is 0 Å². The van der Waals surface area contributed by atoms with Crippen molar-refractivity contribution >= 4 is 10.9 Å². The molecule has 1 aliphatic rings. The number of aromatic amines is 1. The molecule has 0 aliphatic carbocycles. The summed E-state index contributed by atoms with van der Waals surface area (Å²) in [6.45, 7) is 3.56. The number of alkyl halides is 1. The minimum absolute atomic E-state index is 0.0221. The van der Waals surface area contributed by atoms with Gasteiger partial charge in [0.15, 0.2) is 0 Å². The molecule has 18 heavy (non-hydrogen) atoms. The number of rotatable bonds is 1. The number of nitrogens with zero attached hydrogens (tertiary/aromatic N) is 2. The van der Waals surface area contributed by atoms with Crippen LogP contribution in [-0.2, 0) is 0 Å². The lowest BCUT2D eigenvalue weighted by Gasteiger charge is -2.33. The van der Waals surface area contributed by atoms with Gasteiger partial charge in [0.2, 0.25) is 0 Å². The van der Waals surface area contributed by atoms with Crippen molar-refractivity contribution in [2.24, 2.45) is 0 Å². The number of halogens is 1. The fraction of sp³-hybridized carbons (Fsp3) is 0.500. The van der Waals surface area contributed by atoms with E-state index in [1.165, 1.54) is 5.56 Å². The van der Waals surface area contributed by atoms with Gasteiger partial charge in [-0.3, -0.25) is 5.10 Å². The molecule has 96 valence electrons. The molecule has 1 fully saturated rings. The molecular weight excluding hydrogens is 229 g/mol. The zero-order valence-electron chi connectivity index (χ0n) is 10.8. The monoisotopic (exact) mass is 247 g/mol. The molecule has 3 nitrogen and oxygen atoms in total. The Balaban J connectivity index is 2.00. The molecule has 0 spiro atoms. The van der Waals surface area contributed by atoms with Crippen LogP contribution in [0.2, 0.25) is 0 Å². The number of benzene rings is 1. The summed E-state index contributed by atoms with van der Waals surface area (Å²) in [5.41, 5.74) is 3.30. The summed E-state index contributed by atoms with van der Waals surface area (Å²) >= 11 is 0. The van der Waals surface area contributed by atoms with E-state index in [9.17, 15) is 4.39 Å². The zero-order chi connectivity index (χ0) is 12.7. The quantitative estimate of drug-likeness (QED) is 0.840. The fourth-order valence-electron chi connectivity index (χ4n) is 2.93. The highest BCUT2D eigenvalue weighted by atomic mass is 19.1. The lowest BCUT2D eigenvalue weighted by atomic mass is 9.85. The molecule has 2 aromatic rings. The smallest absolute Gasteiger partial charge is 0.120 e. The molecule has 0 radical (unpaired) electrons. The fourth-order valence-corrected chi connectivity index (χ4v) is 2.93. The molecule has 1 saturated heterocycles. The third-order valence-electron chi connectivity index (χ3n) is 3.97. The Morgan fingerprint density at radius 3 is 3.06 bits per heavy atom. The molecule has 0 saturated carbocycles. The molecule has 3 rings (SSSR count). The molecule has 2 atom stereocenters. The van der Waals surface area contributed by atoms with Gasteiger partial charge < -0.3 is 4.90 Å². The Labute approximate surface area is 106 Å². The molecule has 1 N–H and O–H groups in total. The Hall–Kier alpha value is -1.42. The molecule has 1 aliphatic heterocycles. The molecule has 0 amide bonds. The van der Waals surface area contributed by atoms with Crippen molar-refractivity contribution < 1.29 is 4.39 Å². The van der Waals surface area contributed by atoms with E-state index in [0.717, 1.165) is 29.4 Å². The normalized spacial score (nSPS) is 25.7. The molecule has 0 bridgehead atoms. The van der Waals surface area contributed by atoms with Crippen LogP contribution in [0.3, 0.4) is 0 Å².